The van der Waals surface area contributed by atoms with Crippen molar-refractivity contribution in [2.75, 3.05) is 5.32 Å². The number of hydrogen-bond donors (Lipinski definition) is 1. The SMILES string of the molecule is Cc1c(Cl)cncc1NC(=O)c1noc2c1CCCCC2. The van der Waals surface area contributed by atoms with Crippen molar-refractivity contribution in [3.05, 3.63) is 40.0 Å². The number of halogens is 1. The third-order valence-electron chi connectivity index (χ3n) is 3.82. The van der Waals surface area contributed by atoms with Gasteiger partial charge in [0, 0.05) is 18.2 Å². The number of carbonyl (C=O) groups excluding carboxylic acids is 1. The molecule has 2 heterocycles. The zero-order valence-corrected chi connectivity index (χ0v) is 12.5. The van der Waals surface area contributed by atoms with E-state index in [1.54, 1.807) is 12.4 Å². The van der Waals surface area contributed by atoms with Gasteiger partial charge in [-0.15, -0.1) is 0 Å². The second-order valence-corrected chi connectivity index (χ2v) is 5.65. The lowest BCUT2D eigenvalue weighted by Crippen LogP contribution is -2.15. The highest BCUT2D eigenvalue weighted by molar-refractivity contribution is 6.31. The van der Waals surface area contributed by atoms with Gasteiger partial charge in [-0.2, -0.15) is 0 Å². The van der Waals surface area contributed by atoms with Crippen molar-refractivity contribution in [2.24, 2.45) is 0 Å². The van der Waals surface area contributed by atoms with E-state index in [2.05, 4.69) is 15.5 Å². The highest BCUT2D eigenvalue weighted by Gasteiger charge is 2.23. The Hall–Kier alpha value is -1.88. The molecule has 0 saturated carbocycles. The Kier molecular flexibility index (Phi) is 3.92. The standard InChI is InChI=1S/C15H16ClN3O2/c1-9-11(16)7-17-8-12(9)18-15(20)14-10-5-3-2-4-6-13(10)21-19-14/h7-8H,2-6H2,1H3,(H,18,20). The summed E-state index contributed by atoms with van der Waals surface area (Å²) < 4.78 is 5.33. The number of fused-ring (bicyclic) bond motifs is 1. The highest BCUT2D eigenvalue weighted by atomic mass is 35.5. The molecule has 0 saturated heterocycles. The molecule has 1 aliphatic rings. The largest absolute Gasteiger partial charge is 0.360 e. The van der Waals surface area contributed by atoms with E-state index in [1.807, 2.05) is 6.92 Å². The molecule has 1 aliphatic carbocycles. The summed E-state index contributed by atoms with van der Waals surface area (Å²) >= 11 is 6.01. The van der Waals surface area contributed by atoms with E-state index in [9.17, 15) is 4.79 Å². The van der Waals surface area contributed by atoms with Crippen molar-refractivity contribution in [1.29, 1.82) is 0 Å². The average Bonchev–Trinajstić information content (AvgIpc) is 2.73. The molecule has 0 unspecified atom stereocenters. The van der Waals surface area contributed by atoms with Crippen molar-refractivity contribution in [3.8, 4) is 0 Å². The summed E-state index contributed by atoms with van der Waals surface area (Å²) in [6.45, 7) is 1.84. The first-order valence-corrected chi connectivity index (χ1v) is 7.43. The van der Waals surface area contributed by atoms with Crippen LogP contribution in [0.1, 0.15) is 46.6 Å². The monoisotopic (exact) mass is 305 g/mol. The fraction of sp³-hybridized carbons (Fsp3) is 0.400. The maximum atomic E-state index is 12.4. The van der Waals surface area contributed by atoms with Gasteiger partial charge in [0.2, 0.25) is 0 Å². The van der Waals surface area contributed by atoms with Gasteiger partial charge in [-0.25, -0.2) is 0 Å². The lowest BCUT2D eigenvalue weighted by Gasteiger charge is -2.08. The number of anilines is 1. The predicted octanol–water partition coefficient (Wildman–Crippen LogP) is 3.55. The molecule has 0 aromatic carbocycles. The minimum Gasteiger partial charge on any atom is -0.360 e. The minimum atomic E-state index is -0.269. The summed E-state index contributed by atoms with van der Waals surface area (Å²) in [7, 11) is 0. The summed E-state index contributed by atoms with van der Waals surface area (Å²) in [5, 5.41) is 7.28. The van der Waals surface area contributed by atoms with Crippen LogP contribution in [-0.2, 0) is 12.8 Å². The van der Waals surface area contributed by atoms with Crippen LogP contribution in [0.5, 0.6) is 0 Å². The smallest absolute Gasteiger partial charge is 0.278 e. The van der Waals surface area contributed by atoms with Gasteiger partial charge in [-0.1, -0.05) is 23.2 Å². The van der Waals surface area contributed by atoms with Crippen LogP contribution in [0.3, 0.4) is 0 Å². The van der Waals surface area contributed by atoms with Crippen LogP contribution in [0, 0.1) is 6.92 Å². The van der Waals surface area contributed by atoms with E-state index in [-0.39, 0.29) is 5.91 Å². The van der Waals surface area contributed by atoms with Crippen LogP contribution in [0.25, 0.3) is 0 Å². The van der Waals surface area contributed by atoms with Gasteiger partial charge >= 0.3 is 0 Å². The third-order valence-corrected chi connectivity index (χ3v) is 4.20. The Morgan fingerprint density at radius 3 is 2.95 bits per heavy atom. The molecule has 110 valence electrons. The van der Waals surface area contributed by atoms with Gasteiger partial charge in [-0.3, -0.25) is 9.78 Å². The van der Waals surface area contributed by atoms with Gasteiger partial charge in [0.25, 0.3) is 5.91 Å². The van der Waals surface area contributed by atoms with Gasteiger partial charge in [0.05, 0.1) is 16.9 Å². The van der Waals surface area contributed by atoms with E-state index in [1.165, 1.54) is 0 Å². The Morgan fingerprint density at radius 1 is 1.29 bits per heavy atom. The quantitative estimate of drug-likeness (QED) is 0.861. The second-order valence-electron chi connectivity index (χ2n) is 5.24. The normalized spacial score (nSPS) is 14.4. The number of nitrogens with one attached hydrogen (secondary N) is 1. The molecule has 1 amide bonds. The van der Waals surface area contributed by atoms with Crippen LogP contribution in [-0.4, -0.2) is 16.0 Å². The molecule has 0 radical (unpaired) electrons. The van der Waals surface area contributed by atoms with E-state index in [0.717, 1.165) is 49.0 Å². The summed E-state index contributed by atoms with van der Waals surface area (Å²) in [5.41, 5.74) is 2.70. The lowest BCUT2D eigenvalue weighted by atomic mass is 10.1. The Balaban J connectivity index is 1.86. The molecule has 21 heavy (non-hydrogen) atoms. The molecule has 0 fully saturated rings. The number of rotatable bonds is 2. The van der Waals surface area contributed by atoms with Gasteiger partial charge < -0.3 is 9.84 Å². The molecule has 1 N–H and O–H groups in total. The molecular formula is C15H16ClN3O2. The number of amides is 1. The zero-order chi connectivity index (χ0) is 14.8. The summed E-state index contributed by atoms with van der Waals surface area (Å²) in [6, 6.07) is 0. The van der Waals surface area contributed by atoms with Crippen LogP contribution < -0.4 is 5.32 Å². The molecule has 2 aromatic heterocycles. The van der Waals surface area contributed by atoms with E-state index >= 15 is 0 Å². The first kappa shape index (κ1) is 14.1. The molecule has 0 spiro atoms. The van der Waals surface area contributed by atoms with E-state index in [0.29, 0.717) is 16.4 Å². The minimum absolute atomic E-state index is 0.269. The molecule has 2 aromatic rings. The van der Waals surface area contributed by atoms with E-state index in [4.69, 9.17) is 16.1 Å². The number of nitrogens with zero attached hydrogens (tertiary/aromatic N) is 2. The first-order valence-electron chi connectivity index (χ1n) is 7.05. The molecular weight excluding hydrogens is 290 g/mol. The van der Waals surface area contributed by atoms with Crippen molar-refractivity contribution in [3.63, 3.8) is 0 Å². The second kappa shape index (κ2) is 5.85. The average molecular weight is 306 g/mol. The summed E-state index contributed by atoms with van der Waals surface area (Å²) in [5.74, 6) is 0.577. The summed E-state index contributed by atoms with van der Waals surface area (Å²) in [6.07, 6.45) is 8.13. The van der Waals surface area contributed by atoms with Crippen molar-refractivity contribution in [1.82, 2.24) is 10.1 Å². The van der Waals surface area contributed by atoms with Crippen LogP contribution in [0.4, 0.5) is 5.69 Å². The lowest BCUT2D eigenvalue weighted by molar-refractivity contribution is 0.101. The van der Waals surface area contributed by atoms with E-state index < -0.39 is 0 Å². The predicted molar refractivity (Wildman–Crippen MR) is 79.7 cm³/mol. The van der Waals surface area contributed by atoms with Crippen molar-refractivity contribution >= 4 is 23.2 Å². The third kappa shape index (κ3) is 2.78. The fourth-order valence-electron chi connectivity index (χ4n) is 2.55. The van der Waals surface area contributed by atoms with Crippen LogP contribution >= 0.6 is 11.6 Å². The Morgan fingerprint density at radius 2 is 2.10 bits per heavy atom. The maximum Gasteiger partial charge on any atom is 0.278 e. The maximum absolute atomic E-state index is 12.4. The van der Waals surface area contributed by atoms with Crippen LogP contribution in [0.15, 0.2) is 16.9 Å². The number of pyridine rings is 1. The zero-order valence-electron chi connectivity index (χ0n) is 11.8. The van der Waals surface area contributed by atoms with Crippen LogP contribution in [0.2, 0.25) is 5.02 Å². The van der Waals surface area contributed by atoms with Crippen molar-refractivity contribution < 1.29 is 9.32 Å². The fourth-order valence-corrected chi connectivity index (χ4v) is 2.71. The summed E-state index contributed by atoms with van der Waals surface area (Å²) in [4.78, 5) is 16.4. The topological polar surface area (TPSA) is 68.0 Å². The van der Waals surface area contributed by atoms with Gasteiger partial charge in [0.15, 0.2) is 5.69 Å². The Bertz CT molecular complexity index is 682. The number of carbonyl (C=O) groups is 1. The molecule has 5 nitrogen and oxygen atoms in total. The number of aryl methyl sites for hydroxylation is 1. The van der Waals surface area contributed by atoms with Gasteiger partial charge in [-0.05, 0) is 31.7 Å². The molecule has 0 atom stereocenters. The molecule has 6 heteroatoms. The number of aromatic nitrogens is 2. The molecule has 0 bridgehead atoms. The number of hydrogen-bond acceptors (Lipinski definition) is 4. The first-order chi connectivity index (χ1) is 10.2. The molecule has 3 rings (SSSR count). The molecule has 0 aliphatic heterocycles. The highest BCUT2D eigenvalue weighted by Crippen LogP contribution is 2.26. The Labute approximate surface area is 127 Å². The van der Waals surface area contributed by atoms with Crippen molar-refractivity contribution in [2.45, 2.75) is 39.0 Å². The van der Waals surface area contributed by atoms with Gasteiger partial charge in [0.1, 0.15) is 5.76 Å².